The monoisotopic (exact) mass is 316 g/mol. The molecular formula is C19H16N4O. The van der Waals surface area contributed by atoms with Crippen molar-refractivity contribution in [1.82, 2.24) is 15.1 Å². The van der Waals surface area contributed by atoms with Gasteiger partial charge in [0.1, 0.15) is 6.04 Å². The predicted octanol–water partition coefficient (Wildman–Crippen LogP) is 3.18. The molecule has 1 atom stereocenters. The van der Waals surface area contributed by atoms with Crippen LogP contribution in [0.5, 0.6) is 0 Å². The number of rotatable bonds is 4. The number of hydrogen-bond donors (Lipinski definition) is 1. The minimum absolute atomic E-state index is 0.315. The fourth-order valence-corrected chi connectivity index (χ4v) is 2.46. The van der Waals surface area contributed by atoms with Crippen molar-refractivity contribution >= 4 is 5.91 Å². The largest absolute Gasteiger partial charge is 0.336 e. The third-order valence-corrected chi connectivity index (χ3v) is 3.60. The molecule has 2 aromatic carbocycles. The van der Waals surface area contributed by atoms with E-state index in [0.717, 1.165) is 11.3 Å². The smallest absolute Gasteiger partial charge is 0.256 e. The zero-order valence-corrected chi connectivity index (χ0v) is 13.2. The van der Waals surface area contributed by atoms with Gasteiger partial charge in [-0.1, -0.05) is 48.5 Å². The van der Waals surface area contributed by atoms with Crippen molar-refractivity contribution in [2.24, 2.45) is 0 Å². The van der Waals surface area contributed by atoms with Gasteiger partial charge >= 0.3 is 0 Å². The summed E-state index contributed by atoms with van der Waals surface area (Å²) in [5.41, 5.74) is 2.88. The van der Waals surface area contributed by atoms with Gasteiger partial charge in [0, 0.05) is 5.56 Å². The second-order valence-corrected chi connectivity index (χ2v) is 5.34. The van der Waals surface area contributed by atoms with Crippen molar-refractivity contribution in [2.45, 2.75) is 13.0 Å². The number of benzene rings is 2. The molecule has 0 saturated heterocycles. The van der Waals surface area contributed by atoms with E-state index in [1.807, 2.05) is 66.7 Å². The maximum Gasteiger partial charge on any atom is 0.256 e. The SMILES string of the molecule is CC(C#N)NC(=O)c1cnn(-c2ccccc2)c1-c1ccccc1. The molecule has 3 aromatic rings. The topological polar surface area (TPSA) is 70.7 Å². The average molecular weight is 316 g/mol. The Bertz CT molecular complexity index is 879. The van der Waals surface area contributed by atoms with Crippen LogP contribution in [0.3, 0.4) is 0 Å². The lowest BCUT2D eigenvalue weighted by atomic mass is 10.1. The summed E-state index contributed by atoms with van der Waals surface area (Å²) in [5, 5.41) is 16.0. The Kier molecular flexibility index (Phi) is 4.39. The van der Waals surface area contributed by atoms with Gasteiger partial charge in [0.15, 0.2) is 0 Å². The van der Waals surface area contributed by atoms with Gasteiger partial charge in [-0.25, -0.2) is 4.68 Å². The number of carbonyl (C=O) groups excluding carboxylic acids is 1. The van der Waals surface area contributed by atoms with Gasteiger partial charge in [-0.2, -0.15) is 10.4 Å². The molecule has 0 radical (unpaired) electrons. The molecule has 118 valence electrons. The van der Waals surface area contributed by atoms with Crippen LogP contribution in [0.4, 0.5) is 0 Å². The molecule has 1 N–H and O–H groups in total. The van der Waals surface area contributed by atoms with Crippen LogP contribution in [0.15, 0.2) is 66.9 Å². The van der Waals surface area contributed by atoms with Crippen LogP contribution in [-0.2, 0) is 0 Å². The Labute approximate surface area is 140 Å². The number of hydrogen-bond acceptors (Lipinski definition) is 3. The van der Waals surface area contributed by atoms with Gasteiger partial charge in [0.05, 0.1) is 29.2 Å². The molecule has 24 heavy (non-hydrogen) atoms. The Hall–Kier alpha value is -3.39. The second kappa shape index (κ2) is 6.80. The normalized spacial score (nSPS) is 11.5. The third-order valence-electron chi connectivity index (χ3n) is 3.60. The standard InChI is InChI=1S/C19H16N4O/c1-14(12-20)22-19(24)17-13-21-23(16-10-6-3-7-11-16)18(17)15-8-4-2-5-9-15/h2-11,13-14H,1H3,(H,22,24). The van der Waals surface area contributed by atoms with E-state index in [4.69, 9.17) is 5.26 Å². The van der Waals surface area contributed by atoms with E-state index < -0.39 is 6.04 Å². The Morgan fingerprint density at radius 1 is 1.12 bits per heavy atom. The first-order chi connectivity index (χ1) is 11.7. The van der Waals surface area contributed by atoms with E-state index in [2.05, 4.69) is 10.4 Å². The minimum Gasteiger partial charge on any atom is -0.336 e. The lowest BCUT2D eigenvalue weighted by Gasteiger charge is -2.11. The highest BCUT2D eigenvalue weighted by Crippen LogP contribution is 2.26. The highest BCUT2D eigenvalue weighted by molar-refractivity contribution is 6.00. The van der Waals surface area contributed by atoms with E-state index in [-0.39, 0.29) is 5.91 Å². The van der Waals surface area contributed by atoms with Crippen LogP contribution >= 0.6 is 0 Å². The maximum absolute atomic E-state index is 12.5. The quantitative estimate of drug-likeness (QED) is 0.803. The van der Waals surface area contributed by atoms with Crippen molar-refractivity contribution in [3.63, 3.8) is 0 Å². The van der Waals surface area contributed by atoms with Crippen LogP contribution in [0.2, 0.25) is 0 Å². The molecule has 0 aliphatic carbocycles. The Balaban J connectivity index is 2.13. The summed E-state index contributed by atoms with van der Waals surface area (Å²) in [6.07, 6.45) is 1.54. The number of nitriles is 1. The van der Waals surface area contributed by atoms with Gasteiger partial charge in [-0.15, -0.1) is 0 Å². The van der Waals surface area contributed by atoms with E-state index in [9.17, 15) is 4.79 Å². The Morgan fingerprint density at radius 2 is 1.75 bits per heavy atom. The number of nitrogens with one attached hydrogen (secondary N) is 1. The lowest BCUT2D eigenvalue weighted by molar-refractivity contribution is 0.0948. The van der Waals surface area contributed by atoms with Gasteiger partial charge in [0.2, 0.25) is 0 Å². The zero-order valence-electron chi connectivity index (χ0n) is 13.2. The predicted molar refractivity (Wildman–Crippen MR) is 91.5 cm³/mol. The number of para-hydroxylation sites is 1. The summed E-state index contributed by atoms with van der Waals surface area (Å²) in [4.78, 5) is 12.5. The molecule has 1 heterocycles. The molecular weight excluding hydrogens is 300 g/mol. The van der Waals surface area contributed by atoms with Crippen molar-refractivity contribution in [1.29, 1.82) is 5.26 Å². The molecule has 1 aromatic heterocycles. The van der Waals surface area contributed by atoms with Gasteiger partial charge in [-0.05, 0) is 19.1 Å². The molecule has 0 spiro atoms. The summed E-state index contributed by atoms with van der Waals surface area (Å²) in [5.74, 6) is -0.315. The average Bonchev–Trinajstić information content (AvgIpc) is 3.08. The molecule has 0 bridgehead atoms. The third kappa shape index (κ3) is 3.03. The molecule has 5 nitrogen and oxygen atoms in total. The first-order valence-electron chi connectivity index (χ1n) is 7.60. The van der Waals surface area contributed by atoms with Crippen molar-refractivity contribution in [2.75, 3.05) is 0 Å². The fourth-order valence-electron chi connectivity index (χ4n) is 2.46. The second-order valence-electron chi connectivity index (χ2n) is 5.34. The van der Waals surface area contributed by atoms with E-state index in [1.54, 1.807) is 11.6 Å². The fraction of sp³-hybridized carbons (Fsp3) is 0.105. The number of amides is 1. The lowest BCUT2D eigenvalue weighted by Crippen LogP contribution is -2.31. The number of aromatic nitrogens is 2. The van der Waals surface area contributed by atoms with Crippen molar-refractivity contribution < 1.29 is 4.79 Å². The molecule has 1 unspecified atom stereocenters. The van der Waals surface area contributed by atoms with Crippen molar-refractivity contribution in [3.8, 4) is 23.0 Å². The molecule has 5 heteroatoms. The van der Waals surface area contributed by atoms with E-state index >= 15 is 0 Å². The van der Waals surface area contributed by atoms with E-state index in [0.29, 0.717) is 11.3 Å². The first-order valence-corrected chi connectivity index (χ1v) is 7.60. The summed E-state index contributed by atoms with van der Waals surface area (Å²) < 4.78 is 1.74. The molecule has 3 rings (SSSR count). The molecule has 1 amide bonds. The van der Waals surface area contributed by atoms with Gasteiger partial charge in [-0.3, -0.25) is 4.79 Å². The summed E-state index contributed by atoms with van der Waals surface area (Å²) in [7, 11) is 0. The van der Waals surface area contributed by atoms with Gasteiger partial charge in [0.25, 0.3) is 5.91 Å². The molecule has 0 aliphatic rings. The van der Waals surface area contributed by atoms with E-state index in [1.165, 1.54) is 6.20 Å². The maximum atomic E-state index is 12.5. The first kappa shape index (κ1) is 15.5. The highest BCUT2D eigenvalue weighted by atomic mass is 16.1. The van der Waals surface area contributed by atoms with Crippen LogP contribution < -0.4 is 5.32 Å². The minimum atomic E-state index is -0.568. The number of carbonyl (C=O) groups is 1. The van der Waals surface area contributed by atoms with Crippen LogP contribution in [0.1, 0.15) is 17.3 Å². The number of nitrogens with zero attached hydrogens (tertiary/aromatic N) is 3. The summed E-state index contributed by atoms with van der Waals surface area (Å²) >= 11 is 0. The molecule has 0 aliphatic heterocycles. The zero-order chi connectivity index (χ0) is 16.9. The molecule has 0 fully saturated rings. The van der Waals surface area contributed by atoms with Crippen LogP contribution in [0.25, 0.3) is 16.9 Å². The van der Waals surface area contributed by atoms with Crippen LogP contribution in [-0.4, -0.2) is 21.7 Å². The summed E-state index contributed by atoms with van der Waals surface area (Å²) in [6, 6.07) is 20.7. The highest BCUT2D eigenvalue weighted by Gasteiger charge is 2.20. The Morgan fingerprint density at radius 3 is 2.38 bits per heavy atom. The summed E-state index contributed by atoms with van der Waals surface area (Å²) in [6.45, 7) is 1.64. The van der Waals surface area contributed by atoms with Crippen molar-refractivity contribution in [3.05, 3.63) is 72.4 Å². The van der Waals surface area contributed by atoms with Gasteiger partial charge < -0.3 is 5.32 Å². The van der Waals surface area contributed by atoms with Crippen LogP contribution in [0, 0.1) is 11.3 Å². The molecule has 0 saturated carbocycles.